The first-order chi connectivity index (χ1) is 15.1. The van der Waals surface area contributed by atoms with Crippen molar-refractivity contribution in [1.29, 1.82) is 0 Å². The molecule has 2 heterocycles. The number of nitrogens with zero attached hydrogens (tertiary/aromatic N) is 2. The number of nitrogens with one attached hydrogen (secondary N) is 1. The van der Waals surface area contributed by atoms with Crippen LogP contribution in [0.25, 0.3) is 0 Å². The van der Waals surface area contributed by atoms with Gasteiger partial charge in [0.05, 0.1) is 27.4 Å². The molecule has 0 radical (unpaired) electrons. The Morgan fingerprint density at radius 1 is 0.968 bits per heavy atom. The molecule has 0 aliphatic carbocycles. The van der Waals surface area contributed by atoms with Gasteiger partial charge in [0.1, 0.15) is 0 Å². The largest absolute Gasteiger partial charge is 0.493 e. The van der Waals surface area contributed by atoms with Crippen molar-refractivity contribution in [2.24, 2.45) is 0 Å². The van der Waals surface area contributed by atoms with Crippen molar-refractivity contribution in [3.8, 4) is 17.2 Å². The fraction of sp³-hybridized carbons (Fsp3) is 0.292. The van der Waals surface area contributed by atoms with Gasteiger partial charge in [0.25, 0.3) is 0 Å². The maximum Gasteiger partial charge on any atom is 0.203 e. The first kappa shape index (κ1) is 21.1. The highest BCUT2D eigenvalue weighted by Crippen LogP contribution is 2.43. The normalized spacial score (nSPS) is 15.2. The number of aryl methyl sites for hydroxylation is 1. The molecule has 3 aromatic rings. The van der Waals surface area contributed by atoms with Crippen LogP contribution in [0.4, 0.5) is 5.69 Å². The zero-order valence-corrected chi connectivity index (χ0v) is 19.0. The Morgan fingerprint density at radius 2 is 1.68 bits per heavy atom. The third-order valence-corrected chi connectivity index (χ3v) is 6.03. The van der Waals surface area contributed by atoms with Gasteiger partial charge in [0, 0.05) is 30.7 Å². The molecule has 4 rings (SSSR count). The van der Waals surface area contributed by atoms with E-state index in [2.05, 4.69) is 46.1 Å². The fourth-order valence-electron chi connectivity index (χ4n) is 4.11. The van der Waals surface area contributed by atoms with E-state index in [1.807, 2.05) is 30.3 Å². The first-order valence-corrected chi connectivity index (χ1v) is 10.6. The topological polar surface area (TPSA) is 47.9 Å². The van der Waals surface area contributed by atoms with Crippen molar-refractivity contribution in [2.75, 3.05) is 33.2 Å². The van der Waals surface area contributed by atoms with Crippen LogP contribution in [-0.2, 0) is 6.54 Å². The molecule has 1 atom stereocenters. The number of aromatic nitrogens is 1. The van der Waals surface area contributed by atoms with Crippen LogP contribution in [0.1, 0.15) is 22.9 Å². The molecule has 1 aromatic heterocycles. The van der Waals surface area contributed by atoms with Crippen molar-refractivity contribution in [3.63, 3.8) is 0 Å². The Hall–Kier alpha value is -3.19. The number of benzene rings is 2. The molecule has 0 saturated carbocycles. The molecule has 1 aliphatic rings. The van der Waals surface area contributed by atoms with Crippen LogP contribution in [-0.4, -0.2) is 42.5 Å². The van der Waals surface area contributed by atoms with Gasteiger partial charge in [-0.3, -0.25) is 0 Å². The van der Waals surface area contributed by atoms with E-state index >= 15 is 0 Å². The van der Waals surface area contributed by atoms with Gasteiger partial charge in [-0.25, -0.2) is 0 Å². The van der Waals surface area contributed by atoms with Crippen molar-refractivity contribution >= 4 is 23.0 Å². The Kier molecular flexibility index (Phi) is 6.04. The van der Waals surface area contributed by atoms with Crippen LogP contribution >= 0.6 is 12.2 Å². The lowest BCUT2D eigenvalue weighted by Gasteiger charge is -2.39. The van der Waals surface area contributed by atoms with Gasteiger partial charge in [-0.2, -0.15) is 0 Å². The van der Waals surface area contributed by atoms with Crippen LogP contribution in [0.5, 0.6) is 17.2 Å². The average molecular weight is 438 g/mol. The number of anilines is 1. The second kappa shape index (κ2) is 8.89. The van der Waals surface area contributed by atoms with Crippen LogP contribution in [0.2, 0.25) is 0 Å². The minimum absolute atomic E-state index is 0.0959. The number of hydrogen-bond donors (Lipinski definition) is 1. The Balaban J connectivity index is 1.77. The molecule has 0 spiro atoms. The number of fused-ring (bicyclic) bond motifs is 1. The predicted octanol–water partition coefficient (Wildman–Crippen LogP) is 4.62. The zero-order valence-electron chi connectivity index (χ0n) is 18.2. The van der Waals surface area contributed by atoms with Gasteiger partial charge < -0.3 is 29.0 Å². The summed E-state index contributed by atoms with van der Waals surface area (Å²) in [5.41, 5.74) is 4.34. The SMILES string of the molecule is COc1cc(C2c3cccn3CCN2C(=S)Nc2ccccc2C)cc(OC)c1OC. The maximum absolute atomic E-state index is 5.89. The summed E-state index contributed by atoms with van der Waals surface area (Å²) in [6, 6.07) is 16.3. The van der Waals surface area contributed by atoms with Crippen molar-refractivity contribution < 1.29 is 14.2 Å². The molecule has 1 unspecified atom stereocenters. The molecule has 2 aromatic carbocycles. The Bertz CT molecular complexity index is 1070. The number of ether oxygens (including phenoxy) is 3. The molecular weight excluding hydrogens is 410 g/mol. The third kappa shape index (κ3) is 3.93. The summed E-state index contributed by atoms with van der Waals surface area (Å²) < 4.78 is 19.0. The number of hydrogen-bond acceptors (Lipinski definition) is 4. The summed E-state index contributed by atoms with van der Waals surface area (Å²) >= 11 is 5.89. The van der Waals surface area contributed by atoms with Crippen LogP contribution < -0.4 is 19.5 Å². The minimum Gasteiger partial charge on any atom is -0.493 e. The summed E-state index contributed by atoms with van der Waals surface area (Å²) in [4.78, 5) is 2.22. The standard InChI is InChI=1S/C24H27N3O3S/c1-16-8-5-6-9-18(16)25-24(31)27-13-12-26-11-7-10-19(26)22(27)17-14-20(28-2)23(30-4)21(15-17)29-3/h5-11,14-15,22H,12-13H2,1-4H3,(H,25,31). The van der Waals surface area contributed by atoms with Crippen LogP contribution in [0, 0.1) is 6.92 Å². The molecule has 0 amide bonds. The monoisotopic (exact) mass is 437 g/mol. The molecule has 162 valence electrons. The predicted molar refractivity (Wildman–Crippen MR) is 126 cm³/mol. The lowest BCUT2D eigenvalue weighted by molar-refractivity contribution is 0.288. The fourth-order valence-corrected chi connectivity index (χ4v) is 4.42. The first-order valence-electron chi connectivity index (χ1n) is 10.2. The average Bonchev–Trinajstić information content (AvgIpc) is 3.27. The quantitative estimate of drug-likeness (QED) is 0.588. The molecule has 1 N–H and O–H groups in total. The van der Waals surface area contributed by atoms with Gasteiger partial charge in [-0.15, -0.1) is 0 Å². The molecule has 31 heavy (non-hydrogen) atoms. The Labute approximate surface area is 188 Å². The van der Waals surface area contributed by atoms with Crippen molar-refractivity contribution in [1.82, 2.24) is 9.47 Å². The summed E-state index contributed by atoms with van der Waals surface area (Å²) in [6.07, 6.45) is 2.11. The summed E-state index contributed by atoms with van der Waals surface area (Å²) in [7, 11) is 4.87. The Morgan fingerprint density at radius 3 is 2.32 bits per heavy atom. The van der Waals surface area contributed by atoms with E-state index in [0.717, 1.165) is 35.6 Å². The molecule has 0 saturated heterocycles. The van der Waals surface area contributed by atoms with E-state index in [9.17, 15) is 0 Å². The molecular formula is C24H27N3O3S. The molecule has 1 aliphatic heterocycles. The van der Waals surface area contributed by atoms with Crippen LogP contribution in [0.3, 0.4) is 0 Å². The van der Waals surface area contributed by atoms with Gasteiger partial charge >= 0.3 is 0 Å². The highest BCUT2D eigenvalue weighted by atomic mass is 32.1. The van der Waals surface area contributed by atoms with Crippen LogP contribution in [0.15, 0.2) is 54.7 Å². The molecule has 6 nitrogen and oxygen atoms in total. The number of rotatable bonds is 5. The van der Waals surface area contributed by atoms with E-state index in [1.165, 1.54) is 0 Å². The highest BCUT2D eigenvalue weighted by Gasteiger charge is 2.32. The highest BCUT2D eigenvalue weighted by molar-refractivity contribution is 7.80. The van der Waals surface area contributed by atoms with Crippen molar-refractivity contribution in [2.45, 2.75) is 19.5 Å². The second-order valence-electron chi connectivity index (χ2n) is 7.43. The summed E-state index contributed by atoms with van der Waals surface area (Å²) in [5.74, 6) is 1.82. The maximum atomic E-state index is 5.89. The third-order valence-electron chi connectivity index (χ3n) is 5.69. The van der Waals surface area contributed by atoms with Crippen molar-refractivity contribution in [3.05, 3.63) is 71.5 Å². The molecule has 7 heteroatoms. The van der Waals surface area contributed by atoms with E-state index in [1.54, 1.807) is 21.3 Å². The zero-order chi connectivity index (χ0) is 22.0. The van der Waals surface area contributed by atoms with Gasteiger partial charge in [0.15, 0.2) is 16.6 Å². The minimum atomic E-state index is -0.0959. The molecule has 0 bridgehead atoms. The van der Waals surface area contributed by atoms with Gasteiger partial charge in [-0.1, -0.05) is 18.2 Å². The van der Waals surface area contributed by atoms with E-state index < -0.39 is 0 Å². The number of methoxy groups -OCH3 is 3. The molecule has 0 fully saturated rings. The van der Waals surface area contributed by atoms with Gasteiger partial charge in [0.2, 0.25) is 5.75 Å². The number of thiocarbonyl (C=S) groups is 1. The van der Waals surface area contributed by atoms with E-state index in [-0.39, 0.29) is 6.04 Å². The smallest absolute Gasteiger partial charge is 0.203 e. The lowest BCUT2D eigenvalue weighted by atomic mass is 9.99. The number of para-hydroxylation sites is 1. The lowest BCUT2D eigenvalue weighted by Crippen LogP contribution is -2.44. The summed E-state index contributed by atoms with van der Waals surface area (Å²) in [6.45, 7) is 3.71. The second-order valence-corrected chi connectivity index (χ2v) is 7.81. The van der Waals surface area contributed by atoms with E-state index in [4.69, 9.17) is 26.4 Å². The van der Waals surface area contributed by atoms with Gasteiger partial charge in [-0.05, 0) is 60.6 Å². The van der Waals surface area contributed by atoms with E-state index in [0.29, 0.717) is 22.4 Å². The summed E-state index contributed by atoms with van der Waals surface area (Å²) in [5, 5.41) is 4.12.